The van der Waals surface area contributed by atoms with Crippen molar-refractivity contribution < 1.29 is 0 Å². The quantitative estimate of drug-likeness (QED) is 0.584. The van der Waals surface area contributed by atoms with Gasteiger partial charge in [0.15, 0.2) is 0 Å². The molecule has 1 nitrogen and oxygen atoms in total. The Bertz CT molecular complexity index is 195. The van der Waals surface area contributed by atoms with E-state index in [2.05, 4.69) is 52.6 Å². The first kappa shape index (κ1) is 16.3. The van der Waals surface area contributed by atoms with Crippen molar-refractivity contribution in [2.75, 3.05) is 13.1 Å². The molecule has 0 aromatic rings. The molecule has 0 bridgehead atoms. The Morgan fingerprint density at radius 2 is 1.31 bits per heavy atom. The van der Waals surface area contributed by atoms with Gasteiger partial charge in [-0.2, -0.15) is 0 Å². The molecule has 0 N–H and O–H groups in total. The number of rotatable bonds is 8. The molecule has 0 fully saturated rings. The van der Waals surface area contributed by atoms with Gasteiger partial charge < -0.3 is 0 Å². The van der Waals surface area contributed by atoms with Crippen molar-refractivity contribution in [3.8, 4) is 0 Å². The molecule has 0 amide bonds. The zero-order valence-corrected chi connectivity index (χ0v) is 15.1. The van der Waals surface area contributed by atoms with Crippen molar-refractivity contribution in [2.45, 2.75) is 61.3 Å². The van der Waals surface area contributed by atoms with E-state index in [1.165, 1.54) is 19.7 Å². The van der Waals surface area contributed by atoms with Crippen LogP contribution in [0, 0.1) is 0 Å². The van der Waals surface area contributed by atoms with E-state index in [1.807, 2.05) is 3.59 Å². The molecule has 96 valence electrons. The minimum atomic E-state index is -1.92. The summed E-state index contributed by atoms with van der Waals surface area (Å²) in [5.41, 5.74) is 0. The third kappa shape index (κ3) is 3.97. The molecule has 0 radical (unpaired) electrons. The normalized spacial score (nSPS) is 13.0. The summed E-state index contributed by atoms with van der Waals surface area (Å²) in [5.74, 6) is 0. The Morgan fingerprint density at radius 1 is 0.875 bits per heavy atom. The van der Waals surface area contributed by atoms with Gasteiger partial charge in [0.2, 0.25) is 0 Å². The van der Waals surface area contributed by atoms with Crippen LogP contribution in [0.3, 0.4) is 0 Å². The van der Waals surface area contributed by atoms with Crippen molar-refractivity contribution in [3.63, 3.8) is 0 Å². The van der Waals surface area contributed by atoms with Gasteiger partial charge in [-0.25, -0.2) is 0 Å². The molecule has 0 spiro atoms. The Balaban J connectivity index is 5.06. The van der Waals surface area contributed by atoms with Gasteiger partial charge >= 0.3 is 107 Å². The molecule has 0 aliphatic heterocycles. The van der Waals surface area contributed by atoms with E-state index in [-0.39, 0.29) is 0 Å². The molecule has 0 atom stereocenters. The number of hydrogen-bond acceptors (Lipinski definition) is 1. The zero-order valence-electron chi connectivity index (χ0n) is 12.3. The molecule has 0 heterocycles. The number of hydrogen-bond donors (Lipinski definition) is 0. The van der Waals surface area contributed by atoms with Gasteiger partial charge in [-0.05, 0) is 0 Å². The van der Waals surface area contributed by atoms with Gasteiger partial charge in [0, 0.05) is 0 Å². The molecule has 0 saturated heterocycles. The van der Waals surface area contributed by atoms with E-state index in [0.29, 0.717) is 0 Å². The molecule has 0 aromatic heterocycles. The maximum atomic E-state index is 2.52. The average Bonchev–Trinajstić information content (AvgIpc) is 2.35. The number of allylic oxidation sites excluding steroid dienone is 1. The first-order valence-electron chi connectivity index (χ1n) is 7.09. The Labute approximate surface area is 107 Å². The van der Waals surface area contributed by atoms with Crippen LogP contribution in [0.15, 0.2) is 9.79 Å². The topological polar surface area (TPSA) is 3.24 Å². The summed E-state index contributed by atoms with van der Waals surface area (Å²) < 4.78 is 6.28. The maximum absolute atomic E-state index is 2.52. The van der Waals surface area contributed by atoms with Crippen molar-refractivity contribution in [3.05, 3.63) is 9.79 Å². The molecule has 0 aliphatic carbocycles. The molecular formula is C14H31NSn. The zero-order chi connectivity index (χ0) is 12.6. The Morgan fingerprint density at radius 3 is 1.56 bits per heavy atom. The summed E-state index contributed by atoms with van der Waals surface area (Å²) >= 11 is -1.92. The molecule has 0 aromatic carbocycles. The summed E-state index contributed by atoms with van der Waals surface area (Å²) in [5, 5.41) is 0. The van der Waals surface area contributed by atoms with Crippen LogP contribution in [-0.4, -0.2) is 36.4 Å². The molecule has 2 heteroatoms. The predicted octanol–water partition coefficient (Wildman–Crippen LogP) is 4.67. The van der Waals surface area contributed by atoms with Gasteiger partial charge in [-0.1, -0.05) is 0 Å². The molecule has 0 rings (SSSR count). The van der Waals surface area contributed by atoms with Crippen LogP contribution in [-0.2, 0) is 0 Å². The van der Waals surface area contributed by atoms with E-state index in [9.17, 15) is 0 Å². The summed E-state index contributed by atoms with van der Waals surface area (Å²) in [6.07, 6.45) is 3.80. The van der Waals surface area contributed by atoms with Gasteiger partial charge in [0.1, 0.15) is 0 Å². The summed E-state index contributed by atoms with van der Waals surface area (Å²) in [7, 11) is 0. The molecular weight excluding hydrogens is 301 g/mol. The van der Waals surface area contributed by atoms with Crippen molar-refractivity contribution >= 4 is 18.4 Å². The first-order valence-corrected chi connectivity index (χ1v) is 14.6. The Hall–Kier alpha value is 0.339. The van der Waals surface area contributed by atoms with E-state index < -0.39 is 18.4 Å². The van der Waals surface area contributed by atoms with Crippen molar-refractivity contribution in [1.29, 1.82) is 0 Å². The third-order valence-electron chi connectivity index (χ3n) is 4.24. The predicted molar refractivity (Wildman–Crippen MR) is 78.5 cm³/mol. The standard InChI is InChI=1S/C8H16N.3C2H5.Sn/c1-4-7-8-9(5-2)6-3;3*1-2;/h8H,4-6H2,1-3H3;3*1H2,2H3;. The minimum absolute atomic E-state index is 1.15. The van der Waals surface area contributed by atoms with Crippen LogP contribution in [0.4, 0.5) is 0 Å². The second kappa shape index (κ2) is 8.43. The van der Waals surface area contributed by atoms with Gasteiger partial charge in [-0.3, -0.25) is 0 Å². The van der Waals surface area contributed by atoms with E-state index in [0.717, 1.165) is 13.1 Å². The van der Waals surface area contributed by atoms with Gasteiger partial charge in [0.25, 0.3) is 0 Å². The van der Waals surface area contributed by atoms with Crippen LogP contribution < -0.4 is 0 Å². The van der Waals surface area contributed by atoms with E-state index in [1.54, 1.807) is 0 Å². The molecule has 0 unspecified atom stereocenters. The second-order valence-electron chi connectivity index (χ2n) is 4.57. The Kier molecular flexibility index (Phi) is 8.61. The fourth-order valence-corrected chi connectivity index (χ4v) is 14.3. The fraction of sp³-hybridized carbons (Fsp3) is 0.857. The van der Waals surface area contributed by atoms with Crippen molar-refractivity contribution in [1.82, 2.24) is 4.90 Å². The van der Waals surface area contributed by atoms with Crippen LogP contribution in [0.25, 0.3) is 0 Å². The summed E-state index contributed by atoms with van der Waals surface area (Å²) in [6.45, 7) is 16.4. The number of nitrogens with zero attached hydrogens (tertiary/aromatic N) is 1. The fourth-order valence-electron chi connectivity index (χ4n) is 2.66. The SMILES string of the molecule is CC/[C](=C\N(CC)CC)[Sn]([CH2]C)([CH2]C)[CH2]C. The van der Waals surface area contributed by atoms with Crippen molar-refractivity contribution in [2.24, 2.45) is 0 Å². The van der Waals surface area contributed by atoms with E-state index in [4.69, 9.17) is 0 Å². The monoisotopic (exact) mass is 333 g/mol. The molecule has 0 aliphatic rings. The van der Waals surface area contributed by atoms with Gasteiger partial charge in [-0.15, -0.1) is 0 Å². The average molecular weight is 332 g/mol. The second-order valence-corrected chi connectivity index (χ2v) is 19.8. The van der Waals surface area contributed by atoms with Gasteiger partial charge in [0.05, 0.1) is 0 Å². The van der Waals surface area contributed by atoms with Crippen LogP contribution in [0.1, 0.15) is 48.0 Å². The van der Waals surface area contributed by atoms with Crippen LogP contribution in [0.5, 0.6) is 0 Å². The van der Waals surface area contributed by atoms with E-state index >= 15 is 0 Å². The van der Waals surface area contributed by atoms with Crippen LogP contribution >= 0.6 is 0 Å². The summed E-state index contributed by atoms with van der Waals surface area (Å²) in [6, 6.07) is 0. The molecule has 0 saturated carbocycles. The third-order valence-corrected chi connectivity index (χ3v) is 21.1. The first-order chi connectivity index (χ1) is 7.63. The van der Waals surface area contributed by atoms with Crippen LogP contribution in [0.2, 0.25) is 13.3 Å². The summed E-state index contributed by atoms with van der Waals surface area (Å²) in [4.78, 5) is 2.48. The molecule has 16 heavy (non-hydrogen) atoms.